The fourth-order valence-electron chi connectivity index (χ4n) is 1.25. The van der Waals surface area contributed by atoms with E-state index in [4.69, 9.17) is 0 Å². The number of allylic oxidation sites excluding steroid dienone is 1. The summed E-state index contributed by atoms with van der Waals surface area (Å²) in [5, 5.41) is 0. The Morgan fingerprint density at radius 1 is 1.15 bits per heavy atom. The Kier molecular flexibility index (Phi) is 6.06. The van der Waals surface area contributed by atoms with Crippen LogP contribution in [0.15, 0.2) is 11.6 Å². The number of hydrogen-bond donors (Lipinski definition) is 0. The first-order chi connectivity index (χ1) is 6.05. The summed E-state index contributed by atoms with van der Waals surface area (Å²) < 4.78 is 1.10. The summed E-state index contributed by atoms with van der Waals surface area (Å²) in [6.45, 7) is 9.15. The summed E-state index contributed by atoms with van der Waals surface area (Å²) >= 11 is 0. The van der Waals surface area contributed by atoms with Crippen molar-refractivity contribution in [2.45, 2.75) is 40.0 Å². The van der Waals surface area contributed by atoms with Crippen molar-refractivity contribution in [1.29, 1.82) is 0 Å². The van der Waals surface area contributed by atoms with Crippen molar-refractivity contribution >= 4 is 0 Å². The van der Waals surface area contributed by atoms with Crippen LogP contribution in [0, 0.1) is 0 Å². The van der Waals surface area contributed by atoms with Crippen LogP contribution in [-0.4, -0.2) is 31.7 Å². The summed E-state index contributed by atoms with van der Waals surface area (Å²) in [5.74, 6) is 0. The SMILES string of the molecule is CCCC(=CC[N+](C)(C)CC)CC. The van der Waals surface area contributed by atoms with Gasteiger partial charge >= 0.3 is 0 Å². The average Bonchev–Trinajstić information content (AvgIpc) is 2.12. The van der Waals surface area contributed by atoms with Crippen LogP contribution in [0.25, 0.3) is 0 Å². The van der Waals surface area contributed by atoms with Gasteiger partial charge in [-0.1, -0.05) is 25.8 Å². The van der Waals surface area contributed by atoms with E-state index >= 15 is 0 Å². The Morgan fingerprint density at radius 2 is 1.77 bits per heavy atom. The first-order valence-electron chi connectivity index (χ1n) is 5.55. The Bertz CT molecular complexity index is 157. The third-order valence-electron chi connectivity index (χ3n) is 2.76. The van der Waals surface area contributed by atoms with E-state index in [1.807, 2.05) is 0 Å². The fourth-order valence-corrected chi connectivity index (χ4v) is 1.25. The zero-order valence-corrected chi connectivity index (χ0v) is 10.1. The molecule has 78 valence electrons. The first-order valence-corrected chi connectivity index (χ1v) is 5.55. The summed E-state index contributed by atoms with van der Waals surface area (Å²) in [4.78, 5) is 0. The molecule has 13 heavy (non-hydrogen) atoms. The number of quaternary nitrogens is 1. The van der Waals surface area contributed by atoms with Gasteiger partial charge in [0.05, 0.1) is 27.2 Å². The van der Waals surface area contributed by atoms with Crippen molar-refractivity contribution in [3.8, 4) is 0 Å². The Morgan fingerprint density at radius 3 is 2.15 bits per heavy atom. The third-order valence-corrected chi connectivity index (χ3v) is 2.76. The van der Waals surface area contributed by atoms with Crippen molar-refractivity contribution < 1.29 is 4.48 Å². The Balaban J connectivity index is 4.05. The zero-order valence-electron chi connectivity index (χ0n) is 10.1. The van der Waals surface area contributed by atoms with E-state index in [2.05, 4.69) is 40.9 Å². The topological polar surface area (TPSA) is 0 Å². The highest BCUT2D eigenvalue weighted by Gasteiger charge is 2.08. The predicted molar refractivity (Wildman–Crippen MR) is 60.8 cm³/mol. The van der Waals surface area contributed by atoms with Gasteiger partial charge < -0.3 is 4.48 Å². The second kappa shape index (κ2) is 6.20. The van der Waals surface area contributed by atoms with Crippen molar-refractivity contribution in [2.75, 3.05) is 27.2 Å². The van der Waals surface area contributed by atoms with Crippen LogP contribution in [0.5, 0.6) is 0 Å². The van der Waals surface area contributed by atoms with E-state index in [1.54, 1.807) is 5.57 Å². The molecule has 0 heterocycles. The molecule has 0 rings (SSSR count). The van der Waals surface area contributed by atoms with Crippen LogP contribution >= 0.6 is 0 Å². The zero-order chi connectivity index (χ0) is 10.3. The summed E-state index contributed by atoms with van der Waals surface area (Å²) in [7, 11) is 4.57. The molecule has 0 aliphatic carbocycles. The maximum absolute atomic E-state index is 2.44. The largest absolute Gasteiger partial charge is 0.325 e. The molecule has 0 fully saturated rings. The summed E-state index contributed by atoms with van der Waals surface area (Å²) in [6.07, 6.45) is 6.21. The lowest BCUT2D eigenvalue weighted by atomic mass is 10.1. The van der Waals surface area contributed by atoms with Gasteiger partial charge in [-0.05, 0) is 25.8 Å². The van der Waals surface area contributed by atoms with Gasteiger partial charge in [0, 0.05) is 0 Å². The highest BCUT2D eigenvalue weighted by Crippen LogP contribution is 2.10. The van der Waals surface area contributed by atoms with Crippen LogP contribution in [0.4, 0.5) is 0 Å². The second-order valence-corrected chi connectivity index (χ2v) is 4.40. The fraction of sp³-hybridized carbons (Fsp3) is 0.833. The molecule has 0 aromatic heterocycles. The molecule has 1 nitrogen and oxygen atoms in total. The molecule has 0 aromatic carbocycles. The van der Waals surface area contributed by atoms with Gasteiger partial charge in [0.25, 0.3) is 0 Å². The van der Waals surface area contributed by atoms with Gasteiger partial charge in [0.2, 0.25) is 0 Å². The molecule has 0 amide bonds. The smallest absolute Gasteiger partial charge is 0.0972 e. The molecule has 1 heteroatoms. The molecule has 0 atom stereocenters. The minimum atomic E-state index is 1.10. The average molecular weight is 184 g/mol. The molecule has 0 aliphatic rings. The highest BCUT2D eigenvalue weighted by atomic mass is 15.3. The molecule has 0 N–H and O–H groups in total. The van der Waals surface area contributed by atoms with Crippen LogP contribution < -0.4 is 0 Å². The van der Waals surface area contributed by atoms with Gasteiger partial charge in [-0.3, -0.25) is 0 Å². The van der Waals surface area contributed by atoms with Crippen molar-refractivity contribution in [1.82, 2.24) is 0 Å². The number of likely N-dealkylation sites (N-methyl/N-ethyl adjacent to an activating group) is 1. The predicted octanol–water partition coefficient (Wildman–Crippen LogP) is 3.22. The van der Waals surface area contributed by atoms with E-state index in [-0.39, 0.29) is 0 Å². The van der Waals surface area contributed by atoms with Crippen LogP contribution in [-0.2, 0) is 0 Å². The molecule has 0 aromatic rings. The lowest BCUT2D eigenvalue weighted by Crippen LogP contribution is -2.39. The van der Waals surface area contributed by atoms with E-state index in [1.165, 1.54) is 32.4 Å². The Labute approximate surface area is 84.0 Å². The molecular formula is C12H26N+. The van der Waals surface area contributed by atoms with E-state index in [0.717, 1.165) is 4.48 Å². The summed E-state index contributed by atoms with van der Waals surface area (Å²) in [5.41, 5.74) is 1.63. The quantitative estimate of drug-likeness (QED) is 0.439. The minimum Gasteiger partial charge on any atom is -0.325 e. The van der Waals surface area contributed by atoms with Crippen LogP contribution in [0.1, 0.15) is 40.0 Å². The monoisotopic (exact) mass is 184 g/mol. The van der Waals surface area contributed by atoms with Crippen LogP contribution in [0.3, 0.4) is 0 Å². The molecular weight excluding hydrogens is 158 g/mol. The van der Waals surface area contributed by atoms with Crippen molar-refractivity contribution in [2.24, 2.45) is 0 Å². The molecule has 0 unspecified atom stereocenters. The highest BCUT2D eigenvalue weighted by molar-refractivity contribution is 5.00. The first kappa shape index (κ1) is 12.7. The molecule has 0 saturated heterocycles. The maximum Gasteiger partial charge on any atom is 0.0972 e. The van der Waals surface area contributed by atoms with Gasteiger partial charge in [0.1, 0.15) is 0 Å². The van der Waals surface area contributed by atoms with Gasteiger partial charge in [-0.2, -0.15) is 0 Å². The second-order valence-electron chi connectivity index (χ2n) is 4.40. The normalized spacial score (nSPS) is 13.5. The van der Waals surface area contributed by atoms with Gasteiger partial charge in [-0.15, -0.1) is 0 Å². The summed E-state index contributed by atoms with van der Waals surface area (Å²) in [6, 6.07) is 0. The number of nitrogens with zero attached hydrogens (tertiary/aromatic N) is 1. The molecule has 0 spiro atoms. The van der Waals surface area contributed by atoms with E-state index in [0.29, 0.717) is 0 Å². The van der Waals surface area contributed by atoms with Gasteiger partial charge in [-0.25, -0.2) is 0 Å². The molecule has 0 saturated carbocycles. The van der Waals surface area contributed by atoms with Crippen LogP contribution in [0.2, 0.25) is 0 Å². The standard InChI is InChI=1S/C12H26N/c1-6-9-12(7-2)10-11-13(4,5)8-3/h10H,6-9,11H2,1-5H3/q+1. The van der Waals surface area contributed by atoms with Gasteiger partial charge in [0.15, 0.2) is 0 Å². The maximum atomic E-state index is 2.44. The third kappa shape index (κ3) is 5.87. The van der Waals surface area contributed by atoms with E-state index < -0.39 is 0 Å². The minimum absolute atomic E-state index is 1.10. The van der Waals surface area contributed by atoms with Crippen molar-refractivity contribution in [3.63, 3.8) is 0 Å². The molecule has 0 aliphatic heterocycles. The lowest BCUT2D eigenvalue weighted by Gasteiger charge is -2.27. The van der Waals surface area contributed by atoms with E-state index in [9.17, 15) is 0 Å². The molecule has 0 radical (unpaired) electrons. The lowest BCUT2D eigenvalue weighted by molar-refractivity contribution is -0.882. The van der Waals surface area contributed by atoms with Crippen molar-refractivity contribution in [3.05, 3.63) is 11.6 Å². The molecule has 0 bridgehead atoms. The number of hydrogen-bond acceptors (Lipinski definition) is 0. The Hall–Kier alpha value is -0.300. The number of rotatable bonds is 6.